The number of hydrogen-bond donors (Lipinski definition) is 1. The minimum Gasteiger partial charge on any atom is -0.487 e. The predicted molar refractivity (Wildman–Crippen MR) is 134 cm³/mol. The Kier molecular flexibility index (Phi) is 6.95. The number of hydrogen-bond acceptors (Lipinski definition) is 6. The third-order valence-electron chi connectivity index (χ3n) is 5.04. The number of carbonyl (C=O) groups excluding carboxylic acids is 1. The van der Waals surface area contributed by atoms with Crippen molar-refractivity contribution in [2.24, 2.45) is 0 Å². The van der Waals surface area contributed by atoms with Gasteiger partial charge in [-0.3, -0.25) is 9.10 Å². The molecule has 0 aliphatic rings. The molecule has 1 aromatic heterocycles. The Balaban J connectivity index is 1.43. The second-order valence-electron chi connectivity index (χ2n) is 7.46. The normalized spacial score (nSPS) is 11.1. The molecule has 7 nitrogen and oxygen atoms in total. The van der Waals surface area contributed by atoms with E-state index in [9.17, 15) is 13.2 Å². The zero-order valence-corrected chi connectivity index (χ0v) is 20.3. The fourth-order valence-corrected chi connectivity index (χ4v) is 5.05. The van der Waals surface area contributed by atoms with Crippen LogP contribution in [0.2, 0.25) is 0 Å². The van der Waals surface area contributed by atoms with Crippen molar-refractivity contribution in [3.8, 4) is 5.75 Å². The number of sulfonamides is 1. The van der Waals surface area contributed by atoms with Crippen molar-refractivity contribution in [2.75, 3.05) is 16.7 Å². The van der Waals surface area contributed by atoms with Crippen LogP contribution in [-0.4, -0.2) is 26.4 Å². The number of nitrogens with zero attached hydrogens (tertiary/aromatic N) is 2. The molecule has 1 heterocycles. The molecule has 0 unspecified atom stereocenters. The van der Waals surface area contributed by atoms with Crippen molar-refractivity contribution in [1.82, 2.24) is 4.98 Å². The molecule has 4 aromatic rings. The Morgan fingerprint density at radius 1 is 1.03 bits per heavy atom. The maximum Gasteiger partial charge on any atom is 0.264 e. The van der Waals surface area contributed by atoms with Gasteiger partial charge >= 0.3 is 0 Å². The number of rotatable bonds is 8. The first-order valence-corrected chi connectivity index (χ1v) is 12.7. The number of aryl methyl sites for hydroxylation is 1. The fourth-order valence-electron chi connectivity index (χ4n) is 3.21. The highest BCUT2D eigenvalue weighted by atomic mass is 32.2. The van der Waals surface area contributed by atoms with Crippen LogP contribution >= 0.6 is 11.3 Å². The van der Waals surface area contributed by atoms with E-state index >= 15 is 0 Å². The highest BCUT2D eigenvalue weighted by molar-refractivity contribution is 7.92. The summed E-state index contributed by atoms with van der Waals surface area (Å²) in [5, 5.41) is 5.69. The molecule has 34 heavy (non-hydrogen) atoms. The molecule has 174 valence electrons. The predicted octanol–water partition coefficient (Wildman–Crippen LogP) is 5.11. The molecule has 0 spiro atoms. The molecular weight excluding hydrogens is 470 g/mol. The third-order valence-corrected chi connectivity index (χ3v) is 7.64. The summed E-state index contributed by atoms with van der Waals surface area (Å²) in [5.41, 5.74) is 2.21. The minimum atomic E-state index is -3.79. The third kappa shape index (κ3) is 5.44. The largest absolute Gasteiger partial charge is 0.487 e. The summed E-state index contributed by atoms with van der Waals surface area (Å²) in [5.74, 6) is 0.270. The summed E-state index contributed by atoms with van der Waals surface area (Å²) in [6.45, 7) is 2.29. The monoisotopic (exact) mass is 493 g/mol. The van der Waals surface area contributed by atoms with Gasteiger partial charge < -0.3 is 10.1 Å². The van der Waals surface area contributed by atoms with Gasteiger partial charge in [0.15, 0.2) is 0 Å². The Morgan fingerprint density at radius 2 is 1.76 bits per heavy atom. The second-order valence-corrected chi connectivity index (χ2v) is 10.5. The van der Waals surface area contributed by atoms with Crippen LogP contribution in [0, 0.1) is 6.92 Å². The van der Waals surface area contributed by atoms with Gasteiger partial charge in [0.1, 0.15) is 12.4 Å². The molecule has 0 aliphatic heterocycles. The summed E-state index contributed by atoms with van der Waals surface area (Å²) in [4.78, 5) is 17.1. The maximum atomic E-state index is 13.0. The zero-order chi connectivity index (χ0) is 24.1. The average molecular weight is 494 g/mol. The first kappa shape index (κ1) is 23.5. The van der Waals surface area contributed by atoms with Gasteiger partial charge in [-0.1, -0.05) is 24.3 Å². The number of thiazole rings is 1. The molecule has 9 heteroatoms. The maximum absolute atomic E-state index is 13.0. The summed E-state index contributed by atoms with van der Waals surface area (Å²) >= 11 is 1.57. The topological polar surface area (TPSA) is 88.6 Å². The van der Waals surface area contributed by atoms with Gasteiger partial charge in [-0.25, -0.2) is 13.4 Å². The van der Waals surface area contributed by atoms with Gasteiger partial charge in [0, 0.05) is 23.7 Å². The average Bonchev–Trinajstić information content (AvgIpc) is 3.28. The smallest absolute Gasteiger partial charge is 0.264 e. The van der Waals surface area contributed by atoms with Crippen LogP contribution < -0.4 is 14.4 Å². The van der Waals surface area contributed by atoms with E-state index in [1.165, 1.54) is 23.5 Å². The van der Waals surface area contributed by atoms with E-state index in [2.05, 4.69) is 10.3 Å². The molecule has 1 N–H and O–H groups in total. The lowest BCUT2D eigenvalue weighted by Crippen LogP contribution is -2.26. The molecule has 3 aromatic carbocycles. The number of amides is 1. The molecular formula is C25H23N3O4S2. The van der Waals surface area contributed by atoms with E-state index in [4.69, 9.17) is 4.74 Å². The minimum absolute atomic E-state index is 0.0812. The van der Waals surface area contributed by atoms with Gasteiger partial charge in [0.05, 0.1) is 21.3 Å². The summed E-state index contributed by atoms with van der Waals surface area (Å²) < 4.78 is 33.0. The fraction of sp³-hybridized carbons (Fsp3) is 0.120. The molecule has 4 rings (SSSR count). The van der Waals surface area contributed by atoms with Crippen molar-refractivity contribution in [1.29, 1.82) is 0 Å². The van der Waals surface area contributed by atoms with Crippen LogP contribution in [0.3, 0.4) is 0 Å². The first-order valence-electron chi connectivity index (χ1n) is 10.4. The molecule has 0 saturated heterocycles. The number of nitrogens with one attached hydrogen (secondary N) is 1. The summed E-state index contributed by atoms with van der Waals surface area (Å²) in [6, 6.07) is 21.7. The zero-order valence-electron chi connectivity index (χ0n) is 18.6. The molecule has 0 atom stereocenters. The van der Waals surface area contributed by atoms with Crippen molar-refractivity contribution in [3.63, 3.8) is 0 Å². The molecule has 0 fully saturated rings. The first-order chi connectivity index (χ1) is 16.3. The number of anilines is 2. The van der Waals surface area contributed by atoms with Crippen molar-refractivity contribution < 1.29 is 17.9 Å². The second kappa shape index (κ2) is 10.1. The van der Waals surface area contributed by atoms with E-state index < -0.39 is 10.0 Å². The lowest BCUT2D eigenvalue weighted by molar-refractivity contribution is 0.102. The molecule has 0 aliphatic carbocycles. The van der Waals surface area contributed by atoms with Crippen LogP contribution in [0.15, 0.2) is 89.1 Å². The number of benzene rings is 3. The Labute approximate surface area is 202 Å². The lowest BCUT2D eigenvalue weighted by Gasteiger charge is -2.20. The van der Waals surface area contributed by atoms with Crippen LogP contribution in [-0.2, 0) is 16.6 Å². The number of aromatic nitrogens is 1. The van der Waals surface area contributed by atoms with Crippen LogP contribution in [0.1, 0.15) is 21.1 Å². The van der Waals surface area contributed by atoms with Crippen LogP contribution in [0.25, 0.3) is 0 Å². The molecule has 0 saturated carbocycles. The van der Waals surface area contributed by atoms with E-state index in [1.807, 2.05) is 18.4 Å². The van der Waals surface area contributed by atoms with Gasteiger partial charge in [-0.05, 0) is 61.5 Å². The van der Waals surface area contributed by atoms with E-state index in [-0.39, 0.29) is 10.8 Å². The molecule has 0 bridgehead atoms. The number of ether oxygens (including phenoxy) is 1. The van der Waals surface area contributed by atoms with Crippen molar-refractivity contribution >= 4 is 38.6 Å². The van der Waals surface area contributed by atoms with Gasteiger partial charge in [-0.15, -0.1) is 11.3 Å². The van der Waals surface area contributed by atoms with E-state index in [1.54, 1.807) is 72.0 Å². The quantitative estimate of drug-likeness (QED) is 0.369. The van der Waals surface area contributed by atoms with Gasteiger partial charge in [0.25, 0.3) is 15.9 Å². The van der Waals surface area contributed by atoms with E-state index in [0.29, 0.717) is 29.3 Å². The standard InChI is InChI=1S/C25H23N3O4S2/c1-18-26-21(17-33-18)16-32-23-13-11-19(12-14-23)25(29)27-20-7-6-10-24(15-20)34(30,31)28(2)22-8-4-3-5-9-22/h3-15,17H,16H2,1-2H3,(H,27,29). The molecule has 0 radical (unpaired) electrons. The summed E-state index contributed by atoms with van der Waals surface area (Å²) in [6.07, 6.45) is 0. The Hall–Kier alpha value is -3.69. The van der Waals surface area contributed by atoms with E-state index in [0.717, 1.165) is 10.7 Å². The Morgan fingerprint density at radius 3 is 2.44 bits per heavy atom. The van der Waals surface area contributed by atoms with Gasteiger partial charge in [-0.2, -0.15) is 0 Å². The molecule has 1 amide bonds. The Bertz CT molecular complexity index is 1390. The van der Waals surface area contributed by atoms with Gasteiger partial charge in [0.2, 0.25) is 0 Å². The highest BCUT2D eigenvalue weighted by Gasteiger charge is 2.21. The summed E-state index contributed by atoms with van der Waals surface area (Å²) in [7, 11) is -2.29. The van der Waals surface area contributed by atoms with Crippen molar-refractivity contribution in [2.45, 2.75) is 18.4 Å². The van der Waals surface area contributed by atoms with Crippen LogP contribution in [0.5, 0.6) is 5.75 Å². The van der Waals surface area contributed by atoms with Crippen LogP contribution in [0.4, 0.5) is 11.4 Å². The number of para-hydroxylation sites is 1. The highest BCUT2D eigenvalue weighted by Crippen LogP contribution is 2.24. The number of carbonyl (C=O) groups is 1. The SMILES string of the molecule is Cc1nc(COc2ccc(C(=O)Nc3cccc(S(=O)(=O)N(C)c4ccccc4)c3)cc2)cs1. The van der Waals surface area contributed by atoms with Crippen molar-refractivity contribution in [3.05, 3.63) is 101 Å². The lowest BCUT2D eigenvalue weighted by atomic mass is 10.2.